The summed E-state index contributed by atoms with van der Waals surface area (Å²) in [6, 6.07) is 7.59. The van der Waals surface area contributed by atoms with Crippen LogP contribution in [0.3, 0.4) is 0 Å². The number of rotatable bonds is 10. The van der Waals surface area contributed by atoms with Crippen molar-refractivity contribution < 1.29 is 9.53 Å². The van der Waals surface area contributed by atoms with Gasteiger partial charge in [0, 0.05) is 37.9 Å². The van der Waals surface area contributed by atoms with Gasteiger partial charge in [-0.2, -0.15) is 0 Å². The summed E-state index contributed by atoms with van der Waals surface area (Å²) in [6.45, 7) is 2.18. The van der Waals surface area contributed by atoms with Crippen molar-refractivity contribution in [3.63, 3.8) is 0 Å². The summed E-state index contributed by atoms with van der Waals surface area (Å²) in [5.41, 5.74) is 7.15. The Balaban J connectivity index is 2.26. The second-order valence-electron chi connectivity index (χ2n) is 4.52. The number of ketones is 1. The zero-order chi connectivity index (χ0) is 13.9. The smallest absolute Gasteiger partial charge is 0.164 e. The molecule has 0 saturated heterocycles. The summed E-state index contributed by atoms with van der Waals surface area (Å²) in [5.74, 6) is 0.105. The van der Waals surface area contributed by atoms with Gasteiger partial charge in [0.15, 0.2) is 5.78 Å². The fraction of sp³-hybridized carbons (Fsp3) is 0.533. The lowest BCUT2D eigenvalue weighted by molar-refractivity contribution is 0.0985. The van der Waals surface area contributed by atoms with Crippen LogP contribution in [0.25, 0.3) is 0 Å². The number of anilines is 1. The average molecular weight is 264 g/mol. The number of nitrogens with one attached hydrogen (secondary N) is 1. The van der Waals surface area contributed by atoms with E-state index in [0.717, 1.165) is 43.7 Å². The summed E-state index contributed by atoms with van der Waals surface area (Å²) in [5, 5.41) is 3.34. The van der Waals surface area contributed by atoms with E-state index in [1.165, 1.54) is 0 Å². The van der Waals surface area contributed by atoms with E-state index in [-0.39, 0.29) is 5.78 Å². The van der Waals surface area contributed by atoms with Gasteiger partial charge in [0.25, 0.3) is 0 Å². The molecule has 0 aromatic heterocycles. The number of unbranched alkanes of at least 4 members (excludes halogenated alkanes) is 2. The molecule has 0 aliphatic rings. The Bertz CT molecular complexity index is 363. The molecule has 0 spiro atoms. The topological polar surface area (TPSA) is 64.3 Å². The van der Waals surface area contributed by atoms with E-state index in [0.29, 0.717) is 13.0 Å². The Morgan fingerprint density at radius 3 is 2.58 bits per heavy atom. The summed E-state index contributed by atoms with van der Waals surface area (Å²) in [6.07, 6.45) is 3.79. The van der Waals surface area contributed by atoms with E-state index < -0.39 is 0 Å². The van der Waals surface area contributed by atoms with Crippen molar-refractivity contribution in [1.82, 2.24) is 0 Å². The lowest BCUT2D eigenvalue weighted by Gasteiger charge is -2.07. The minimum atomic E-state index is 0.105. The van der Waals surface area contributed by atoms with E-state index in [4.69, 9.17) is 10.5 Å². The van der Waals surface area contributed by atoms with Crippen molar-refractivity contribution in [2.75, 3.05) is 32.1 Å². The molecule has 4 heteroatoms. The Morgan fingerprint density at radius 1 is 1.21 bits per heavy atom. The molecular formula is C15H24N2O2. The second kappa shape index (κ2) is 9.53. The fourth-order valence-corrected chi connectivity index (χ4v) is 1.83. The highest BCUT2D eigenvalue weighted by Gasteiger charge is 2.03. The van der Waals surface area contributed by atoms with Crippen LogP contribution in [0.15, 0.2) is 24.3 Å². The molecule has 0 unspecified atom stereocenters. The second-order valence-corrected chi connectivity index (χ2v) is 4.52. The summed E-state index contributed by atoms with van der Waals surface area (Å²) < 4.78 is 5.00. The van der Waals surface area contributed by atoms with Crippen LogP contribution in [0, 0.1) is 0 Å². The molecule has 0 heterocycles. The number of carbonyl (C=O) groups is 1. The van der Waals surface area contributed by atoms with Crippen molar-refractivity contribution in [2.24, 2.45) is 5.73 Å². The van der Waals surface area contributed by atoms with E-state index >= 15 is 0 Å². The standard InChI is InChI=1S/C15H24N2O2/c1-19-12-4-2-3-11-17-14-7-5-13(6-8-14)15(18)9-10-16/h5-8,17H,2-4,9-12,16H2,1H3. The fourth-order valence-electron chi connectivity index (χ4n) is 1.83. The number of methoxy groups -OCH3 is 1. The predicted octanol–water partition coefficient (Wildman–Crippen LogP) is 2.45. The number of nitrogens with two attached hydrogens (primary N) is 1. The van der Waals surface area contributed by atoms with Crippen molar-refractivity contribution in [3.05, 3.63) is 29.8 Å². The Hall–Kier alpha value is -1.39. The van der Waals surface area contributed by atoms with Crippen LogP contribution in [-0.2, 0) is 4.74 Å². The van der Waals surface area contributed by atoms with E-state index in [2.05, 4.69) is 5.32 Å². The van der Waals surface area contributed by atoms with Crippen LogP contribution in [0.5, 0.6) is 0 Å². The van der Waals surface area contributed by atoms with E-state index in [9.17, 15) is 4.79 Å². The highest BCUT2D eigenvalue weighted by Crippen LogP contribution is 2.11. The van der Waals surface area contributed by atoms with Gasteiger partial charge in [-0.15, -0.1) is 0 Å². The Kier molecular flexibility index (Phi) is 7.86. The number of Topliss-reactive ketones (excluding diaryl/α,β-unsaturated/α-hetero) is 1. The van der Waals surface area contributed by atoms with Crippen LogP contribution >= 0.6 is 0 Å². The van der Waals surface area contributed by atoms with Gasteiger partial charge in [0.2, 0.25) is 0 Å². The zero-order valence-corrected chi connectivity index (χ0v) is 11.7. The molecule has 1 aromatic carbocycles. The molecule has 0 aliphatic carbocycles. The zero-order valence-electron chi connectivity index (χ0n) is 11.7. The molecule has 0 fully saturated rings. The van der Waals surface area contributed by atoms with Gasteiger partial charge in [-0.05, 0) is 50.1 Å². The molecule has 0 atom stereocenters. The average Bonchev–Trinajstić information content (AvgIpc) is 2.43. The van der Waals surface area contributed by atoms with Gasteiger partial charge in [0.05, 0.1) is 0 Å². The number of carbonyl (C=O) groups excluding carboxylic acids is 1. The maximum absolute atomic E-state index is 11.6. The lowest BCUT2D eigenvalue weighted by Crippen LogP contribution is -2.08. The minimum Gasteiger partial charge on any atom is -0.385 e. The van der Waals surface area contributed by atoms with Crippen LogP contribution in [-0.4, -0.2) is 32.6 Å². The minimum absolute atomic E-state index is 0.105. The largest absolute Gasteiger partial charge is 0.385 e. The highest BCUT2D eigenvalue weighted by atomic mass is 16.5. The van der Waals surface area contributed by atoms with Crippen molar-refractivity contribution in [2.45, 2.75) is 25.7 Å². The predicted molar refractivity (Wildman–Crippen MR) is 78.7 cm³/mol. The monoisotopic (exact) mass is 264 g/mol. The van der Waals surface area contributed by atoms with Crippen molar-refractivity contribution >= 4 is 11.5 Å². The molecular weight excluding hydrogens is 240 g/mol. The maximum atomic E-state index is 11.6. The molecule has 1 aromatic rings. The van der Waals surface area contributed by atoms with Crippen LogP contribution in [0.4, 0.5) is 5.69 Å². The molecule has 0 saturated carbocycles. The van der Waals surface area contributed by atoms with E-state index in [1.807, 2.05) is 24.3 Å². The molecule has 0 radical (unpaired) electrons. The van der Waals surface area contributed by atoms with Crippen molar-refractivity contribution in [3.8, 4) is 0 Å². The first-order valence-electron chi connectivity index (χ1n) is 6.84. The van der Waals surface area contributed by atoms with E-state index in [1.54, 1.807) is 7.11 Å². The third-order valence-corrected chi connectivity index (χ3v) is 2.93. The van der Waals surface area contributed by atoms with Crippen LogP contribution in [0.2, 0.25) is 0 Å². The van der Waals surface area contributed by atoms with Gasteiger partial charge in [-0.3, -0.25) is 4.79 Å². The van der Waals surface area contributed by atoms with Crippen molar-refractivity contribution in [1.29, 1.82) is 0 Å². The third-order valence-electron chi connectivity index (χ3n) is 2.93. The van der Waals surface area contributed by atoms with Crippen LogP contribution in [0.1, 0.15) is 36.0 Å². The Morgan fingerprint density at radius 2 is 1.95 bits per heavy atom. The van der Waals surface area contributed by atoms with Gasteiger partial charge >= 0.3 is 0 Å². The summed E-state index contributed by atoms with van der Waals surface area (Å²) in [4.78, 5) is 11.6. The third kappa shape index (κ3) is 6.36. The quantitative estimate of drug-likeness (QED) is 0.503. The summed E-state index contributed by atoms with van der Waals surface area (Å²) in [7, 11) is 1.73. The molecule has 4 nitrogen and oxygen atoms in total. The summed E-state index contributed by atoms with van der Waals surface area (Å²) >= 11 is 0. The van der Waals surface area contributed by atoms with Gasteiger partial charge in [0.1, 0.15) is 0 Å². The molecule has 0 amide bonds. The van der Waals surface area contributed by atoms with Crippen LogP contribution < -0.4 is 11.1 Å². The first-order valence-corrected chi connectivity index (χ1v) is 6.84. The maximum Gasteiger partial charge on any atom is 0.164 e. The highest BCUT2D eigenvalue weighted by molar-refractivity contribution is 5.96. The molecule has 106 valence electrons. The number of benzene rings is 1. The molecule has 0 aliphatic heterocycles. The van der Waals surface area contributed by atoms with Gasteiger partial charge in [-0.1, -0.05) is 0 Å². The molecule has 3 N–H and O–H groups in total. The number of ether oxygens (including phenoxy) is 1. The molecule has 1 rings (SSSR count). The molecule has 19 heavy (non-hydrogen) atoms. The van der Waals surface area contributed by atoms with Gasteiger partial charge < -0.3 is 15.8 Å². The normalized spacial score (nSPS) is 10.4. The first kappa shape index (κ1) is 15.7. The molecule has 0 bridgehead atoms. The number of hydrogen-bond acceptors (Lipinski definition) is 4. The SMILES string of the molecule is COCCCCCNc1ccc(C(=O)CCN)cc1. The van der Waals surface area contributed by atoms with Gasteiger partial charge in [-0.25, -0.2) is 0 Å². The Labute approximate surface area is 115 Å². The lowest BCUT2D eigenvalue weighted by atomic mass is 10.1. The first-order chi connectivity index (χ1) is 9.27. The number of hydrogen-bond donors (Lipinski definition) is 2.